The molecule has 36 heavy (non-hydrogen) atoms. The maximum atomic E-state index is 12.9. The molecule has 2 aromatic carbocycles. The quantitative estimate of drug-likeness (QED) is 0.191. The van der Waals surface area contributed by atoms with Crippen molar-refractivity contribution >= 4 is 36.4 Å². The van der Waals surface area contributed by atoms with E-state index in [0.717, 1.165) is 5.56 Å². The maximum absolute atomic E-state index is 12.9. The highest BCUT2D eigenvalue weighted by molar-refractivity contribution is 7.80. The zero-order valence-corrected chi connectivity index (χ0v) is 21.5. The van der Waals surface area contributed by atoms with E-state index in [1.807, 2.05) is 30.3 Å². The van der Waals surface area contributed by atoms with E-state index in [4.69, 9.17) is 15.2 Å². The van der Waals surface area contributed by atoms with Gasteiger partial charge in [-0.15, -0.1) is 0 Å². The summed E-state index contributed by atoms with van der Waals surface area (Å²) in [4.78, 5) is 49.7. The Hall–Kier alpha value is -3.37. The summed E-state index contributed by atoms with van der Waals surface area (Å²) in [6.45, 7) is 3.53. The molecule has 0 saturated heterocycles. The topological polar surface area (TPSA) is 137 Å². The molecule has 0 saturated carbocycles. The Kier molecular flexibility index (Phi) is 11.4. The van der Waals surface area contributed by atoms with E-state index in [1.54, 1.807) is 38.1 Å². The Bertz CT molecular complexity index is 1030. The van der Waals surface area contributed by atoms with Crippen molar-refractivity contribution in [2.75, 3.05) is 12.9 Å². The number of hydrogen-bond donors (Lipinski definition) is 4. The second-order valence-corrected chi connectivity index (χ2v) is 8.95. The summed E-state index contributed by atoms with van der Waals surface area (Å²) in [7, 11) is 1.23. The fraction of sp³-hybridized carbons (Fsp3) is 0.385. The van der Waals surface area contributed by atoms with Crippen LogP contribution < -0.4 is 21.1 Å². The number of hydrogen-bond acceptors (Lipinski definition) is 8. The minimum Gasteiger partial charge on any atom is -0.467 e. The van der Waals surface area contributed by atoms with E-state index in [0.29, 0.717) is 11.3 Å². The van der Waals surface area contributed by atoms with Crippen molar-refractivity contribution < 1.29 is 28.7 Å². The molecule has 10 heteroatoms. The highest BCUT2D eigenvalue weighted by atomic mass is 32.1. The van der Waals surface area contributed by atoms with E-state index in [2.05, 4.69) is 23.3 Å². The summed E-state index contributed by atoms with van der Waals surface area (Å²) < 4.78 is 10.2. The molecular formula is C26H33N3O6S. The number of amides is 2. The van der Waals surface area contributed by atoms with Crippen LogP contribution in [-0.2, 0) is 36.8 Å². The standard InChI is InChI=1S/C26H33N3O6S/c1-16(2)23(29-24(31)20(27)15-36)25(32)28-21(26(33)34-3)13-18-9-11-19(12-10-18)35-22(30)14-17-7-5-4-6-8-17/h4-12,16,20-21,23,36H,13-15,27H2,1-3H3,(H,28,32)(H,29,31)/t20-,21-,23-/m0/s1. The number of esters is 2. The summed E-state index contributed by atoms with van der Waals surface area (Å²) in [6.07, 6.45) is 0.275. The van der Waals surface area contributed by atoms with Gasteiger partial charge in [0.1, 0.15) is 17.8 Å². The predicted molar refractivity (Wildman–Crippen MR) is 138 cm³/mol. The average molecular weight is 516 g/mol. The summed E-state index contributed by atoms with van der Waals surface area (Å²) in [6, 6.07) is 13.1. The molecule has 2 amide bonds. The molecule has 0 aromatic heterocycles. The third-order valence-corrected chi connectivity index (χ3v) is 5.76. The van der Waals surface area contributed by atoms with Crippen LogP contribution in [0.1, 0.15) is 25.0 Å². The van der Waals surface area contributed by atoms with Crippen LogP contribution in [0.5, 0.6) is 5.75 Å². The number of nitrogens with one attached hydrogen (secondary N) is 2. The molecule has 0 bridgehead atoms. The molecule has 0 aliphatic heterocycles. The lowest BCUT2D eigenvalue weighted by atomic mass is 10.0. The van der Waals surface area contributed by atoms with Crippen molar-refractivity contribution in [2.45, 2.75) is 44.8 Å². The van der Waals surface area contributed by atoms with Gasteiger partial charge in [0.25, 0.3) is 0 Å². The smallest absolute Gasteiger partial charge is 0.328 e. The molecule has 0 fully saturated rings. The summed E-state index contributed by atoms with van der Waals surface area (Å²) >= 11 is 4.00. The Morgan fingerprint density at radius 3 is 2.11 bits per heavy atom. The first kappa shape index (κ1) is 28.9. The highest BCUT2D eigenvalue weighted by Crippen LogP contribution is 2.15. The maximum Gasteiger partial charge on any atom is 0.328 e. The molecule has 2 rings (SSSR count). The number of rotatable bonds is 12. The fourth-order valence-corrected chi connectivity index (χ4v) is 3.50. The van der Waals surface area contributed by atoms with Crippen molar-refractivity contribution in [1.29, 1.82) is 0 Å². The number of thiol groups is 1. The van der Waals surface area contributed by atoms with Gasteiger partial charge in [0.15, 0.2) is 0 Å². The van der Waals surface area contributed by atoms with Gasteiger partial charge in [-0.25, -0.2) is 4.79 Å². The van der Waals surface area contributed by atoms with Crippen LogP contribution in [0.3, 0.4) is 0 Å². The molecule has 194 valence electrons. The Morgan fingerprint density at radius 1 is 0.917 bits per heavy atom. The normalized spacial score (nSPS) is 13.3. The van der Waals surface area contributed by atoms with Gasteiger partial charge in [-0.2, -0.15) is 12.6 Å². The van der Waals surface area contributed by atoms with Crippen LogP contribution in [-0.4, -0.2) is 54.7 Å². The zero-order valence-electron chi connectivity index (χ0n) is 20.6. The molecular weight excluding hydrogens is 482 g/mol. The molecule has 0 aliphatic rings. The van der Waals surface area contributed by atoms with Crippen molar-refractivity contribution in [3.05, 3.63) is 65.7 Å². The predicted octanol–water partition coefficient (Wildman–Crippen LogP) is 1.43. The van der Waals surface area contributed by atoms with Gasteiger partial charge < -0.3 is 25.8 Å². The van der Waals surface area contributed by atoms with E-state index in [-0.39, 0.29) is 24.5 Å². The van der Waals surface area contributed by atoms with Crippen LogP contribution in [0.2, 0.25) is 0 Å². The number of nitrogens with two attached hydrogens (primary N) is 1. The summed E-state index contributed by atoms with van der Waals surface area (Å²) in [5.74, 6) is -1.85. The SMILES string of the molecule is COC(=O)[C@H](Cc1ccc(OC(=O)Cc2ccccc2)cc1)NC(=O)[C@@H](NC(=O)[C@@H](N)CS)C(C)C. The van der Waals surface area contributed by atoms with Crippen molar-refractivity contribution in [3.63, 3.8) is 0 Å². The monoisotopic (exact) mass is 515 g/mol. The lowest BCUT2D eigenvalue weighted by molar-refractivity contribution is -0.145. The van der Waals surface area contributed by atoms with E-state index < -0.39 is 41.9 Å². The zero-order chi connectivity index (χ0) is 26.7. The van der Waals surface area contributed by atoms with Gasteiger partial charge in [0.2, 0.25) is 11.8 Å². The minimum absolute atomic E-state index is 0.126. The van der Waals surface area contributed by atoms with Gasteiger partial charge in [0, 0.05) is 12.2 Å². The third kappa shape index (κ3) is 9.01. The highest BCUT2D eigenvalue weighted by Gasteiger charge is 2.30. The first-order valence-electron chi connectivity index (χ1n) is 11.5. The van der Waals surface area contributed by atoms with E-state index >= 15 is 0 Å². The molecule has 0 aliphatic carbocycles. The van der Waals surface area contributed by atoms with Crippen LogP contribution in [0.4, 0.5) is 0 Å². The largest absolute Gasteiger partial charge is 0.467 e. The Morgan fingerprint density at radius 2 is 1.56 bits per heavy atom. The first-order valence-corrected chi connectivity index (χ1v) is 12.2. The Labute approximate surface area is 216 Å². The molecule has 0 unspecified atom stereocenters. The van der Waals surface area contributed by atoms with Crippen molar-refractivity contribution in [2.24, 2.45) is 11.7 Å². The van der Waals surface area contributed by atoms with Crippen molar-refractivity contribution in [1.82, 2.24) is 10.6 Å². The third-order valence-electron chi connectivity index (χ3n) is 5.37. The van der Waals surface area contributed by atoms with Gasteiger partial charge in [-0.1, -0.05) is 56.3 Å². The van der Waals surface area contributed by atoms with E-state index in [9.17, 15) is 19.2 Å². The van der Waals surface area contributed by atoms with Crippen molar-refractivity contribution in [3.8, 4) is 5.75 Å². The van der Waals surface area contributed by atoms with Crippen LogP contribution in [0.25, 0.3) is 0 Å². The average Bonchev–Trinajstić information content (AvgIpc) is 2.86. The number of carbonyl (C=O) groups excluding carboxylic acids is 4. The van der Waals surface area contributed by atoms with Crippen LogP contribution in [0.15, 0.2) is 54.6 Å². The summed E-state index contributed by atoms with van der Waals surface area (Å²) in [5.41, 5.74) is 7.24. The van der Waals surface area contributed by atoms with Crippen LogP contribution >= 0.6 is 12.6 Å². The molecule has 2 aromatic rings. The molecule has 0 radical (unpaired) electrons. The number of ether oxygens (including phenoxy) is 2. The number of benzene rings is 2. The molecule has 0 heterocycles. The van der Waals surface area contributed by atoms with Gasteiger partial charge >= 0.3 is 11.9 Å². The molecule has 0 spiro atoms. The molecule has 4 N–H and O–H groups in total. The number of methoxy groups -OCH3 is 1. The lowest BCUT2D eigenvalue weighted by Gasteiger charge is -2.25. The minimum atomic E-state index is -0.995. The van der Waals surface area contributed by atoms with E-state index in [1.165, 1.54) is 7.11 Å². The van der Waals surface area contributed by atoms with Gasteiger partial charge in [0.05, 0.1) is 19.6 Å². The van der Waals surface area contributed by atoms with Gasteiger partial charge in [-0.3, -0.25) is 14.4 Å². The molecule has 9 nitrogen and oxygen atoms in total. The fourth-order valence-electron chi connectivity index (χ4n) is 3.33. The Balaban J connectivity index is 2.03. The molecule has 3 atom stereocenters. The first-order chi connectivity index (χ1) is 17.1. The number of carbonyl (C=O) groups is 4. The summed E-state index contributed by atoms with van der Waals surface area (Å²) in [5, 5.41) is 5.27. The lowest BCUT2D eigenvalue weighted by Crippen LogP contribution is -2.57. The van der Waals surface area contributed by atoms with Crippen LogP contribution in [0, 0.1) is 5.92 Å². The second-order valence-electron chi connectivity index (χ2n) is 8.59. The second kappa shape index (κ2) is 14.3. The van der Waals surface area contributed by atoms with Gasteiger partial charge in [-0.05, 0) is 29.2 Å².